The number of halogens is 1. The van der Waals surface area contributed by atoms with Crippen LogP contribution in [0.5, 0.6) is 0 Å². The topological polar surface area (TPSA) is 12.7 Å². The van der Waals surface area contributed by atoms with E-state index in [2.05, 4.69) is 81.6 Å². The molecule has 206 valence electrons. The molecule has 0 radical (unpaired) electrons. The predicted octanol–water partition coefficient (Wildman–Crippen LogP) is 3.94. The van der Waals surface area contributed by atoms with Crippen LogP contribution in [0.3, 0.4) is 0 Å². The normalized spacial score (nSPS) is 12.4. The molecule has 0 aromatic rings. The van der Waals surface area contributed by atoms with E-state index in [1.165, 1.54) is 110 Å². The van der Waals surface area contributed by atoms with Gasteiger partial charge in [-0.15, -0.1) is 0 Å². The first-order chi connectivity index (χ1) is 16.0. The monoisotopic (exact) mass is 502 g/mol. The Bertz CT molecular complexity index is 441. The van der Waals surface area contributed by atoms with E-state index in [4.69, 9.17) is 0 Å². The Morgan fingerprint density at radius 3 is 1.15 bits per heavy atom. The Morgan fingerprint density at radius 2 is 0.882 bits per heavy atom. The fraction of sp³-hybridized carbons (Fsp3) is 0.966. The maximum atomic E-state index is 2.85. The molecule has 0 aliphatic rings. The fourth-order valence-electron chi connectivity index (χ4n) is 5.60. The van der Waals surface area contributed by atoms with Crippen molar-refractivity contribution in [2.45, 2.75) is 126 Å². The van der Waals surface area contributed by atoms with Crippen LogP contribution in [-0.4, -0.2) is 83.6 Å². The smallest absolute Gasteiger partial charge is 0.252 e. The van der Waals surface area contributed by atoms with E-state index < -0.39 is 0 Å². The Hall–Kier alpha value is -0.320. The van der Waals surface area contributed by atoms with E-state index >= 15 is 0 Å². The highest BCUT2D eigenvalue weighted by atomic mass is 35.5. The zero-order valence-electron chi connectivity index (χ0n) is 24.8. The average Bonchev–Trinajstić information content (AvgIpc) is 2.79. The lowest BCUT2D eigenvalue weighted by Gasteiger charge is -2.44. The Labute approximate surface area is 221 Å². The van der Waals surface area contributed by atoms with Gasteiger partial charge in [0.15, 0.2) is 0 Å². The van der Waals surface area contributed by atoms with Gasteiger partial charge < -0.3 is 12.4 Å². The highest BCUT2D eigenvalue weighted by Gasteiger charge is 2.40. The molecule has 0 aromatic carbocycles. The maximum Gasteiger partial charge on any atom is 0.252 e. The van der Waals surface area contributed by atoms with Gasteiger partial charge in [-0.2, -0.15) is 0 Å². The molecule has 1 atom stereocenters. The van der Waals surface area contributed by atoms with Crippen molar-refractivity contribution in [1.82, 2.24) is 14.7 Å². The molecule has 0 bridgehead atoms. The fourth-order valence-corrected chi connectivity index (χ4v) is 5.60. The summed E-state index contributed by atoms with van der Waals surface area (Å²) in [6.07, 6.45) is 11.5. The third kappa shape index (κ3) is 12.1. The van der Waals surface area contributed by atoms with Gasteiger partial charge in [-0.1, -0.05) is 62.3 Å². The molecule has 0 heterocycles. The van der Waals surface area contributed by atoms with Crippen LogP contribution < -0.4 is 12.4 Å². The summed E-state index contributed by atoms with van der Waals surface area (Å²) in [5, 5.41) is 0. The second kappa shape index (κ2) is 23.1. The number of amidine groups is 1. The van der Waals surface area contributed by atoms with Gasteiger partial charge >= 0.3 is 0 Å². The first-order valence-electron chi connectivity index (χ1n) is 14.9. The molecule has 0 aromatic heterocycles. The number of hydrogen-bond acceptors (Lipinski definition) is 2. The van der Waals surface area contributed by atoms with Crippen LogP contribution in [0.1, 0.15) is 120 Å². The molecule has 5 heteroatoms. The summed E-state index contributed by atoms with van der Waals surface area (Å²) in [5.74, 6) is 2.21. The van der Waals surface area contributed by atoms with Crippen LogP contribution in [0.4, 0.5) is 0 Å². The molecule has 0 rings (SSSR count). The van der Waals surface area contributed by atoms with Gasteiger partial charge in [-0.05, 0) is 84.0 Å². The van der Waals surface area contributed by atoms with Gasteiger partial charge in [0, 0.05) is 0 Å². The van der Waals surface area contributed by atoms with Crippen LogP contribution in [-0.2, 0) is 0 Å². The van der Waals surface area contributed by atoms with E-state index in [1.54, 1.807) is 5.84 Å². The predicted molar refractivity (Wildman–Crippen MR) is 150 cm³/mol. The lowest BCUT2D eigenvalue weighted by Crippen LogP contribution is -3.00. The minimum atomic E-state index is 0. The standard InChI is InChI=1S/C29H63N4.ClH/c1-10-19-30(20-11-2)28(31(21-12-3)22-13-4)27(18-9)29(32(23-14-5)24-15-6)33(25-16-7)26-17-8;/h27-28H,10-26H2,1-9H3;1H/q+1;/p-1. The van der Waals surface area contributed by atoms with Crippen molar-refractivity contribution in [3.05, 3.63) is 0 Å². The summed E-state index contributed by atoms with van der Waals surface area (Å²) in [6.45, 7) is 30.8. The summed E-state index contributed by atoms with van der Waals surface area (Å²) in [7, 11) is 0. The molecule has 0 saturated heterocycles. The molecule has 0 fully saturated rings. The van der Waals surface area contributed by atoms with E-state index in [-0.39, 0.29) is 12.4 Å². The van der Waals surface area contributed by atoms with Crippen LogP contribution in [0.25, 0.3) is 0 Å². The van der Waals surface area contributed by atoms with E-state index in [9.17, 15) is 0 Å². The van der Waals surface area contributed by atoms with Gasteiger partial charge in [-0.25, -0.2) is 0 Å². The summed E-state index contributed by atoms with van der Waals surface area (Å²) < 4.78 is 2.79. The lowest BCUT2D eigenvalue weighted by atomic mass is 9.95. The van der Waals surface area contributed by atoms with Crippen molar-refractivity contribution in [2.24, 2.45) is 5.92 Å². The second-order valence-electron chi connectivity index (χ2n) is 9.83. The molecule has 0 N–H and O–H groups in total. The third-order valence-electron chi connectivity index (χ3n) is 6.54. The van der Waals surface area contributed by atoms with E-state index in [0.29, 0.717) is 12.1 Å². The molecular weight excluding hydrogens is 440 g/mol. The number of hydrogen-bond donors (Lipinski definition) is 0. The van der Waals surface area contributed by atoms with E-state index in [1.807, 2.05) is 0 Å². The zero-order valence-corrected chi connectivity index (χ0v) is 25.6. The molecule has 0 amide bonds. The molecule has 0 saturated carbocycles. The molecule has 4 nitrogen and oxygen atoms in total. The highest BCUT2D eigenvalue weighted by Crippen LogP contribution is 2.25. The van der Waals surface area contributed by atoms with Gasteiger partial charge in [0.25, 0.3) is 5.84 Å². The summed E-state index contributed by atoms with van der Waals surface area (Å²) in [6, 6.07) is 0. The van der Waals surface area contributed by atoms with Gasteiger partial charge in [-0.3, -0.25) is 19.3 Å². The van der Waals surface area contributed by atoms with Crippen molar-refractivity contribution >= 4 is 5.84 Å². The number of nitrogens with zero attached hydrogens (tertiary/aromatic N) is 4. The van der Waals surface area contributed by atoms with Crippen molar-refractivity contribution in [3.63, 3.8) is 0 Å². The highest BCUT2D eigenvalue weighted by molar-refractivity contribution is 5.81. The van der Waals surface area contributed by atoms with Crippen LogP contribution >= 0.6 is 0 Å². The van der Waals surface area contributed by atoms with Crippen molar-refractivity contribution in [3.8, 4) is 0 Å². The van der Waals surface area contributed by atoms with Crippen molar-refractivity contribution < 1.29 is 17.0 Å². The Kier molecular flexibility index (Phi) is 24.4. The molecule has 0 aliphatic heterocycles. The first-order valence-corrected chi connectivity index (χ1v) is 14.9. The summed E-state index contributed by atoms with van der Waals surface area (Å²) >= 11 is 0. The maximum absolute atomic E-state index is 2.85. The van der Waals surface area contributed by atoms with Crippen LogP contribution in [0.2, 0.25) is 0 Å². The third-order valence-corrected chi connectivity index (χ3v) is 6.54. The number of rotatable bonds is 21. The largest absolute Gasteiger partial charge is 1.00 e. The first kappa shape index (κ1) is 35.8. The molecule has 1 unspecified atom stereocenters. The van der Waals surface area contributed by atoms with Gasteiger partial charge in [0.2, 0.25) is 0 Å². The lowest BCUT2D eigenvalue weighted by molar-refractivity contribution is -0.535. The SMILES string of the molecule is CCCN(CCC)C(C(CC)C(N(CCC)CCC)N(CCC)CCC)=[N+](CCC)CCC.[Cl-]. The quantitative estimate of drug-likeness (QED) is 0.102. The molecule has 0 aliphatic carbocycles. The van der Waals surface area contributed by atoms with E-state index in [0.717, 1.165) is 0 Å². The van der Waals surface area contributed by atoms with Gasteiger partial charge in [0.1, 0.15) is 0 Å². The van der Waals surface area contributed by atoms with Gasteiger partial charge in [0.05, 0.1) is 38.3 Å². The van der Waals surface area contributed by atoms with Crippen molar-refractivity contribution in [1.29, 1.82) is 0 Å². The van der Waals surface area contributed by atoms with Crippen LogP contribution in [0, 0.1) is 5.92 Å². The molecule has 34 heavy (non-hydrogen) atoms. The minimum Gasteiger partial charge on any atom is -1.00 e. The molecular formula is C29H63ClN4. The Morgan fingerprint density at radius 1 is 0.529 bits per heavy atom. The minimum absolute atomic E-state index is 0. The van der Waals surface area contributed by atoms with Crippen LogP contribution in [0.15, 0.2) is 0 Å². The molecule has 0 spiro atoms. The Balaban J connectivity index is 0. The average molecular weight is 503 g/mol. The second-order valence-corrected chi connectivity index (χ2v) is 9.83. The summed E-state index contributed by atoms with van der Waals surface area (Å²) in [4.78, 5) is 8.50. The van der Waals surface area contributed by atoms with Crippen molar-refractivity contribution in [2.75, 3.05) is 52.4 Å². The summed E-state index contributed by atoms with van der Waals surface area (Å²) in [5.41, 5.74) is 0. The zero-order chi connectivity index (χ0) is 25.1.